The number of sulfonamides is 1. The molecule has 0 spiro atoms. The normalized spacial score (nSPS) is 23.6. The molecule has 2 aromatic carbocycles. The van der Waals surface area contributed by atoms with Crippen molar-refractivity contribution < 1.29 is 13.2 Å². The molecule has 2 bridgehead atoms. The van der Waals surface area contributed by atoms with Crippen molar-refractivity contribution in [3.63, 3.8) is 0 Å². The average molecular weight is 419 g/mol. The molecule has 2 fully saturated rings. The maximum absolute atomic E-state index is 12.8. The highest BCUT2D eigenvalue weighted by Crippen LogP contribution is 2.44. The summed E-state index contributed by atoms with van der Waals surface area (Å²) in [4.78, 5) is 12.7. The quantitative estimate of drug-likeness (QED) is 0.795. The van der Waals surface area contributed by atoms with E-state index >= 15 is 0 Å². The molecule has 0 saturated heterocycles. The first kappa shape index (κ1) is 19.3. The van der Waals surface area contributed by atoms with E-state index in [1.807, 2.05) is 0 Å². The third kappa shape index (κ3) is 3.63. The zero-order valence-corrected chi connectivity index (χ0v) is 17.2. The minimum atomic E-state index is -3.69. The zero-order chi connectivity index (χ0) is 19.9. The van der Waals surface area contributed by atoms with Gasteiger partial charge in [0.2, 0.25) is 0 Å². The molecule has 0 heterocycles. The molecule has 148 valence electrons. The number of nitrogens with zero attached hydrogens (tertiary/aromatic N) is 1. The van der Waals surface area contributed by atoms with Gasteiger partial charge in [0.1, 0.15) is 0 Å². The number of carbonyl (C=O) groups excluding carboxylic acids is 1. The minimum Gasteiger partial charge on any atom is -0.349 e. The van der Waals surface area contributed by atoms with Gasteiger partial charge >= 0.3 is 0 Å². The van der Waals surface area contributed by atoms with Gasteiger partial charge in [-0.1, -0.05) is 18.0 Å². The molecular weight excluding hydrogens is 396 g/mol. The van der Waals surface area contributed by atoms with Gasteiger partial charge in [-0.15, -0.1) is 0 Å². The highest BCUT2D eigenvalue weighted by Gasteiger charge is 2.40. The maximum atomic E-state index is 12.8. The van der Waals surface area contributed by atoms with E-state index in [-0.39, 0.29) is 16.8 Å². The first-order valence-corrected chi connectivity index (χ1v) is 11.3. The summed E-state index contributed by atoms with van der Waals surface area (Å²) in [5.41, 5.74) is 1.04. The Balaban J connectivity index is 1.46. The maximum Gasteiger partial charge on any atom is 0.264 e. The number of hydrogen-bond acceptors (Lipinski definition) is 3. The Morgan fingerprint density at radius 3 is 2.29 bits per heavy atom. The van der Waals surface area contributed by atoms with Crippen LogP contribution in [-0.4, -0.2) is 27.4 Å². The molecule has 0 radical (unpaired) electrons. The second-order valence-electron chi connectivity index (χ2n) is 7.73. The van der Waals surface area contributed by atoms with Gasteiger partial charge in [0.05, 0.1) is 10.6 Å². The number of benzene rings is 2. The van der Waals surface area contributed by atoms with Crippen LogP contribution in [0.3, 0.4) is 0 Å². The first-order chi connectivity index (χ1) is 13.3. The summed E-state index contributed by atoms with van der Waals surface area (Å²) in [6, 6.07) is 13.0. The van der Waals surface area contributed by atoms with Crippen LogP contribution >= 0.6 is 11.6 Å². The molecule has 2 aliphatic rings. The molecule has 3 atom stereocenters. The Labute approximate surface area is 170 Å². The van der Waals surface area contributed by atoms with E-state index < -0.39 is 10.0 Å². The van der Waals surface area contributed by atoms with Gasteiger partial charge in [0.25, 0.3) is 15.9 Å². The predicted molar refractivity (Wildman–Crippen MR) is 110 cm³/mol. The highest BCUT2D eigenvalue weighted by atomic mass is 35.5. The monoisotopic (exact) mass is 418 g/mol. The fraction of sp³-hybridized carbons (Fsp3) is 0.381. The smallest absolute Gasteiger partial charge is 0.264 e. The Bertz CT molecular complexity index is 974. The molecule has 0 unspecified atom stereocenters. The van der Waals surface area contributed by atoms with Crippen LogP contribution in [0.1, 0.15) is 36.0 Å². The molecule has 5 nitrogen and oxygen atoms in total. The van der Waals surface area contributed by atoms with Crippen molar-refractivity contribution in [3.8, 4) is 0 Å². The van der Waals surface area contributed by atoms with E-state index in [0.29, 0.717) is 22.2 Å². The molecule has 1 N–H and O–H groups in total. The second-order valence-corrected chi connectivity index (χ2v) is 10.1. The number of amides is 1. The van der Waals surface area contributed by atoms with Crippen LogP contribution < -0.4 is 9.62 Å². The van der Waals surface area contributed by atoms with Crippen LogP contribution in [0.4, 0.5) is 5.69 Å². The Morgan fingerprint density at radius 2 is 1.71 bits per heavy atom. The van der Waals surface area contributed by atoms with Crippen molar-refractivity contribution in [1.29, 1.82) is 0 Å². The third-order valence-corrected chi connectivity index (χ3v) is 8.07. The van der Waals surface area contributed by atoms with Crippen LogP contribution in [-0.2, 0) is 10.0 Å². The molecule has 1 amide bonds. The average Bonchev–Trinajstić information content (AvgIpc) is 3.31. The molecule has 2 aliphatic carbocycles. The summed E-state index contributed by atoms with van der Waals surface area (Å²) in [5.74, 6) is 1.29. The van der Waals surface area contributed by atoms with E-state index in [1.54, 1.807) is 36.4 Å². The highest BCUT2D eigenvalue weighted by molar-refractivity contribution is 7.92. The number of nitrogens with one attached hydrogen (secondary N) is 1. The van der Waals surface area contributed by atoms with Crippen LogP contribution in [0.15, 0.2) is 53.4 Å². The fourth-order valence-electron chi connectivity index (χ4n) is 4.40. The summed E-state index contributed by atoms with van der Waals surface area (Å²) >= 11 is 5.84. The van der Waals surface area contributed by atoms with Gasteiger partial charge in [0.15, 0.2) is 0 Å². The van der Waals surface area contributed by atoms with Gasteiger partial charge in [-0.2, -0.15) is 0 Å². The Hall–Kier alpha value is -2.05. The van der Waals surface area contributed by atoms with Crippen LogP contribution in [0.25, 0.3) is 0 Å². The lowest BCUT2D eigenvalue weighted by atomic mass is 9.95. The van der Waals surface area contributed by atoms with Crippen molar-refractivity contribution in [3.05, 3.63) is 59.1 Å². The van der Waals surface area contributed by atoms with E-state index in [2.05, 4.69) is 5.32 Å². The fourth-order valence-corrected chi connectivity index (χ4v) is 5.72. The number of carbonyl (C=O) groups is 1. The third-order valence-electron chi connectivity index (χ3n) is 6.02. The molecule has 2 saturated carbocycles. The van der Waals surface area contributed by atoms with Crippen molar-refractivity contribution in [2.45, 2.75) is 36.6 Å². The van der Waals surface area contributed by atoms with Crippen molar-refractivity contribution in [2.75, 3.05) is 11.4 Å². The van der Waals surface area contributed by atoms with Crippen LogP contribution in [0, 0.1) is 11.8 Å². The zero-order valence-electron chi connectivity index (χ0n) is 15.6. The van der Waals surface area contributed by atoms with Gasteiger partial charge in [-0.05, 0) is 79.6 Å². The van der Waals surface area contributed by atoms with E-state index in [9.17, 15) is 13.2 Å². The lowest BCUT2D eigenvalue weighted by Gasteiger charge is -2.23. The van der Waals surface area contributed by atoms with Crippen molar-refractivity contribution in [1.82, 2.24) is 5.32 Å². The van der Waals surface area contributed by atoms with Crippen molar-refractivity contribution in [2.24, 2.45) is 11.8 Å². The molecule has 4 rings (SSSR count). The summed E-state index contributed by atoms with van der Waals surface area (Å²) in [6.07, 6.45) is 4.82. The first-order valence-electron chi connectivity index (χ1n) is 9.50. The van der Waals surface area contributed by atoms with E-state index in [0.717, 1.165) is 12.3 Å². The largest absolute Gasteiger partial charge is 0.349 e. The number of halogens is 1. The van der Waals surface area contributed by atoms with Crippen molar-refractivity contribution >= 4 is 33.2 Å². The SMILES string of the molecule is CN(c1ccc(C(=O)N[C@@H]2C[C@@H]3CC[C@H]2C3)cc1)S(=O)(=O)c1ccc(Cl)cc1. The predicted octanol–water partition coefficient (Wildman–Crippen LogP) is 4.08. The topological polar surface area (TPSA) is 66.5 Å². The lowest BCUT2D eigenvalue weighted by Crippen LogP contribution is -2.38. The molecule has 28 heavy (non-hydrogen) atoms. The molecular formula is C21H23ClN2O3S. The van der Waals surface area contributed by atoms with Crippen LogP contribution in [0.5, 0.6) is 0 Å². The van der Waals surface area contributed by atoms with E-state index in [4.69, 9.17) is 11.6 Å². The molecule has 7 heteroatoms. The Kier molecular flexibility index (Phi) is 5.10. The summed E-state index contributed by atoms with van der Waals surface area (Å²) in [5, 5.41) is 3.63. The number of fused-ring (bicyclic) bond motifs is 2. The van der Waals surface area contributed by atoms with Gasteiger partial charge in [-0.3, -0.25) is 9.10 Å². The summed E-state index contributed by atoms with van der Waals surface area (Å²) < 4.78 is 26.7. The molecule has 0 aromatic heterocycles. The minimum absolute atomic E-state index is 0.0905. The van der Waals surface area contributed by atoms with E-state index in [1.165, 1.54) is 42.7 Å². The number of rotatable bonds is 5. The second kappa shape index (κ2) is 7.41. The lowest BCUT2D eigenvalue weighted by molar-refractivity contribution is 0.0923. The summed E-state index contributed by atoms with van der Waals surface area (Å²) in [6.45, 7) is 0. The van der Waals surface area contributed by atoms with Crippen LogP contribution in [0.2, 0.25) is 5.02 Å². The molecule has 2 aromatic rings. The standard InChI is InChI=1S/C21H23ClN2O3S/c1-24(28(26,27)19-10-6-17(22)7-11-19)18-8-4-15(5-9-18)21(25)23-20-13-14-2-3-16(20)12-14/h4-11,14,16,20H,2-3,12-13H2,1H3,(H,23,25)/t14-,16+,20-/m1/s1. The van der Waals surface area contributed by atoms with Gasteiger partial charge in [-0.25, -0.2) is 8.42 Å². The molecule has 0 aliphatic heterocycles. The summed E-state index contributed by atoms with van der Waals surface area (Å²) in [7, 11) is -2.20. The van der Waals surface area contributed by atoms with Gasteiger partial charge in [0, 0.05) is 23.7 Å². The number of hydrogen-bond donors (Lipinski definition) is 1. The number of anilines is 1. The van der Waals surface area contributed by atoms with Gasteiger partial charge < -0.3 is 5.32 Å². The Morgan fingerprint density at radius 1 is 1.04 bits per heavy atom.